The van der Waals surface area contributed by atoms with Crippen molar-refractivity contribution in [3.05, 3.63) is 59.7 Å². The van der Waals surface area contributed by atoms with Gasteiger partial charge < -0.3 is 45.2 Å². The fourth-order valence-electron chi connectivity index (χ4n) is 7.92. The summed E-state index contributed by atoms with van der Waals surface area (Å²) in [5.41, 5.74) is 7.82. The molecule has 11 heteroatoms. The van der Waals surface area contributed by atoms with Gasteiger partial charge in [-0.25, -0.2) is 0 Å². The van der Waals surface area contributed by atoms with E-state index < -0.39 is 5.97 Å². The predicted molar refractivity (Wildman–Crippen MR) is 231 cm³/mol. The Morgan fingerprint density at radius 1 is 0.526 bits per heavy atom. The van der Waals surface area contributed by atoms with E-state index >= 15 is 0 Å². The lowest BCUT2D eigenvalue weighted by Gasteiger charge is -2.26. The third kappa shape index (κ3) is 21.4. The number of amides is 1. The smallest absolute Gasteiger partial charge is 0.304 e. The molecular formula is C46H76N6O5. The lowest BCUT2D eigenvalue weighted by atomic mass is 10.1. The highest BCUT2D eigenvalue weighted by Gasteiger charge is 2.13. The van der Waals surface area contributed by atoms with Crippen molar-refractivity contribution in [2.75, 3.05) is 91.8 Å². The highest BCUT2D eigenvalue weighted by Crippen LogP contribution is 2.15. The normalized spacial score (nSPS) is 18.3. The minimum Gasteiger partial charge on any atom is -0.494 e. The highest BCUT2D eigenvalue weighted by atomic mass is 16.5. The summed E-state index contributed by atoms with van der Waals surface area (Å²) < 4.78 is 11.6. The zero-order valence-electron chi connectivity index (χ0n) is 35.2. The van der Waals surface area contributed by atoms with Crippen LogP contribution in [0.3, 0.4) is 0 Å². The molecule has 1 amide bonds. The number of nitrogens with zero attached hydrogens (tertiary/aromatic N) is 4. The molecule has 0 aliphatic carbocycles. The summed E-state index contributed by atoms with van der Waals surface area (Å²) in [6.07, 6.45) is 18.9. The largest absolute Gasteiger partial charge is 0.494 e. The van der Waals surface area contributed by atoms with Gasteiger partial charge in [-0.05, 0) is 152 Å². The van der Waals surface area contributed by atoms with E-state index in [-0.39, 0.29) is 5.91 Å². The number of carboxylic acids is 1. The summed E-state index contributed by atoms with van der Waals surface area (Å²) in [6, 6.07) is 16.2. The van der Waals surface area contributed by atoms with Crippen LogP contribution in [0.2, 0.25) is 0 Å². The Kier molecular flexibility index (Phi) is 23.7. The minimum atomic E-state index is -0.685. The maximum Gasteiger partial charge on any atom is 0.304 e. The van der Waals surface area contributed by atoms with Crippen LogP contribution in [0.15, 0.2) is 48.5 Å². The van der Waals surface area contributed by atoms with Crippen molar-refractivity contribution in [3.63, 3.8) is 0 Å². The summed E-state index contributed by atoms with van der Waals surface area (Å²) in [5, 5.41) is 11.5. The molecule has 4 aliphatic heterocycles. The average molecular weight is 793 g/mol. The van der Waals surface area contributed by atoms with Crippen LogP contribution in [0.5, 0.6) is 11.5 Å². The number of likely N-dealkylation sites (tertiary alicyclic amines) is 4. The van der Waals surface area contributed by atoms with Crippen LogP contribution >= 0.6 is 0 Å². The van der Waals surface area contributed by atoms with E-state index in [0.29, 0.717) is 25.9 Å². The van der Waals surface area contributed by atoms with E-state index in [1.54, 1.807) is 0 Å². The monoisotopic (exact) mass is 793 g/mol. The van der Waals surface area contributed by atoms with Crippen molar-refractivity contribution in [3.8, 4) is 11.5 Å². The number of carboxylic acid groups (broad SMARTS) is 1. The molecule has 4 aliphatic rings. The lowest BCUT2D eigenvalue weighted by molar-refractivity contribution is -0.137. The molecule has 0 atom stereocenters. The van der Waals surface area contributed by atoms with Gasteiger partial charge >= 0.3 is 5.97 Å². The number of hydrogen-bond acceptors (Lipinski definition) is 9. The topological polar surface area (TPSA) is 124 Å². The summed E-state index contributed by atoms with van der Waals surface area (Å²) in [4.78, 5) is 32.0. The average Bonchev–Trinajstić information content (AvgIpc) is 3.27. The molecule has 4 saturated heterocycles. The number of carbonyl (C=O) groups is 2. The zero-order chi connectivity index (χ0) is 40.2. The standard InChI is InChI=1S/C23H37N3O2.C15H24N2O.C8H15NO2/c27-23(12-18-26-15-5-2-6-16-26)24-20-21-8-10-22(11-9-21)28-19-7-17-25-13-3-1-4-14-25;16-13-14-5-7-15(8-6-14)18-12-4-11-17-9-2-1-3-10-17;10-8(11)4-7-9-5-2-1-3-6-9/h8-11H,1-7,12-20H2,(H,24,27);5-8H,1-4,9-13,16H2;1-7H2,(H,10,11). The lowest BCUT2D eigenvalue weighted by Crippen LogP contribution is -2.34. The maximum atomic E-state index is 12.1. The van der Waals surface area contributed by atoms with Crippen molar-refractivity contribution in [2.24, 2.45) is 5.73 Å². The van der Waals surface area contributed by atoms with Crippen LogP contribution in [0, 0.1) is 0 Å². The molecule has 2 aromatic carbocycles. The first-order chi connectivity index (χ1) is 28.0. The van der Waals surface area contributed by atoms with Crippen molar-refractivity contribution < 1.29 is 24.2 Å². The van der Waals surface area contributed by atoms with E-state index in [1.807, 2.05) is 48.5 Å². The second-order valence-corrected chi connectivity index (χ2v) is 16.2. The van der Waals surface area contributed by atoms with Crippen LogP contribution in [0.4, 0.5) is 0 Å². The summed E-state index contributed by atoms with van der Waals surface area (Å²) in [7, 11) is 0. The number of nitrogens with one attached hydrogen (secondary N) is 1. The number of ether oxygens (including phenoxy) is 2. The first-order valence-electron chi connectivity index (χ1n) is 22.5. The van der Waals surface area contributed by atoms with Crippen LogP contribution < -0.4 is 20.5 Å². The van der Waals surface area contributed by atoms with Gasteiger partial charge in [0.15, 0.2) is 0 Å². The van der Waals surface area contributed by atoms with Crippen LogP contribution in [-0.2, 0) is 22.7 Å². The number of piperidine rings is 4. The van der Waals surface area contributed by atoms with Gasteiger partial charge in [0.1, 0.15) is 11.5 Å². The van der Waals surface area contributed by atoms with E-state index in [0.717, 1.165) is 94.5 Å². The molecule has 0 unspecified atom stereocenters. The number of rotatable bonds is 19. The molecule has 0 radical (unpaired) electrons. The molecule has 4 fully saturated rings. The molecule has 2 aromatic rings. The van der Waals surface area contributed by atoms with Crippen LogP contribution in [0.25, 0.3) is 0 Å². The number of hydrogen-bond donors (Lipinski definition) is 3. The minimum absolute atomic E-state index is 0.142. The Balaban J connectivity index is 0.000000211. The van der Waals surface area contributed by atoms with Gasteiger partial charge in [-0.15, -0.1) is 0 Å². The summed E-state index contributed by atoms with van der Waals surface area (Å²) in [5.74, 6) is 1.32. The first kappa shape index (κ1) is 46.5. The van der Waals surface area contributed by atoms with Gasteiger partial charge in [0, 0.05) is 45.7 Å². The van der Waals surface area contributed by atoms with Crippen molar-refractivity contribution >= 4 is 11.9 Å². The molecule has 11 nitrogen and oxygen atoms in total. The van der Waals surface area contributed by atoms with Gasteiger partial charge in [0.2, 0.25) is 5.91 Å². The molecular weight excluding hydrogens is 717 g/mol. The number of benzene rings is 2. The summed E-state index contributed by atoms with van der Waals surface area (Å²) >= 11 is 0. The van der Waals surface area contributed by atoms with E-state index in [2.05, 4.69) is 24.9 Å². The van der Waals surface area contributed by atoms with Crippen molar-refractivity contribution in [1.29, 1.82) is 0 Å². The van der Waals surface area contributed by atoms with Gasteiger partial charge in [0.25, 0.3) is 0 Å². The van der Waals surface area contributed by atoms with E-state index in [9.17, 15) is 9.59 Å². The zero-order valence-corrected chi connectivity index (χ0v) is 35.2. The number of carbonyl (C=O) groups excluding carboxylic acids is 1. The SMILES string of the molecule is NCc1ccc(OCCCN2CCCCC2)cc1.O=C(CCN1CCCCC1)NCc1ccc(OCCCN2CCCCC2)cc1.O=C(O)CCN1CCCCC1. The number of aliphatic carboxylic acids is 1. The molecule has 320 valence electrons. The van der Waals surface area contributed by atoms with Crippen LogP contribution in [-0.4, -0.2) is 128 Å². The quantitative estimate of drug-likeness (QED) is 0.131. The molecule has 0 aromatic heterocycles. The van der Waals surface area contributed by atoms with Gasteiger partial charge in [0.05, 0.1) is 19.6 Å². The Hall–Kier alpha value is -3.22. The molecule has 4 heterocycles. The Labute approximate surface area is 344 Å². The molecule has 0 saturated carbocycles. The Morgan fingerprint density at radius 3 is 1.28 bits per heavy atom. The second-order valence-electron chi connectivity index (χ2n) is 16.2. The second kappa shape index (κ2) is 29.1. The molecule has 0 spiro atoms. The molecule has 57 heavy (non-hydrogen) atoms. The predicted octanol–water partition coefficient (Wildman–Crippen LogP) is 6.78. The van der Waals surface area contributed by atoms with Gasteiger partial charge in [-0.2, -0.15) is 0 Å². The third-order valence-corrected chi connectivity index (χ3v) is 11.4. The first-order valence-corrected chi connectivity index (χ1v) is 22.5. The maximum absolute atomic E-state index is 12.1. The summed E-state index contributed by atoms with van der Waals surface area (Å²) in [6.45, 7) is 16.2. The Morgan fingerprint density at radius 2 is 0.895 bits per heavy atom. The van der Waals surface area contributed by atoms with E-state index in [1.165, 1.54) is 110 Å². The number of nitrogens with two attached hydrogens (primary N) is 1. The van der Waals surface area contributed by atoms with E-state index in [4.69, 9.17) is 20.3 Å². The van der Waals surface area contributed by atoms with Crippen LogP contribution in [0.1, 0.15) is 114 Å². The highest BCUT2D eigenvalue weighted by molar-refractivity contribution is 5.76. The fraction of sp³-hybridized carbons (Fsp3) is 0.696. The Bertz CT molecular complexity index is 1320. The molecule has 0 bridgehead atoms. The van der Waals surface area contributed by atoms with Gasteiger partial charge in [-0.3, -0.25) is 9.59 Å². The third-order valence-electron chi connectivity index (χ3n) is 11.4. The van der Waals surface area contributed by atoms with Crippen molar-refractivity contribution in [1.82, 2.24) is 24.9 Å². The van der Waals surface area contributed by atoms with Crippen molar-refractivity contribution in [2.45, 2.75) is 116 Å². The van der Waals surface area contributed by atoms with Gasteiger partial charge in [-0.1, -0.05) is 49.9 Å². The molecule has 4 N–H and O–H groups in total. The molecule has 6 rings (SSSR count). The fourth-order valence-corrected chi connectivity index (χ4v) is 7.92.